The average molecular weight is 294 g/mol. The highest BCUT2D eigenvalue weighted by Gasteiger charge is 2.26. The first-order chi connectivity index (χ1) is 8.43. The van der Waals surface area contributed by atoms with Crippen LogP contribution in [0.15, 0.2) is 23.1 Å². The third kappa shape index (κ3) is 3.43. The number of nitrogens with zero attached hydrogens (tertiary/aromatic N) is 1. The first-order valence-corrected chi connectivity index (χ1v) is 7.70. The highest BCUT2D eigenvalue weighted by atomic mass is 35.5. The molecule has 0 aromatic heterocycles. The Morgan fingerprint density at radius 1 is 1.22 bits per heavy atom. The van der Waals surface area contributed by atoms with Crippen LogP contribution in [0.25, 0.3) is 0 Å². The number of hydrogen-bond donors (Lipinski definition) is 0. The molecule has 6 heteroatoms. The Balaban J connectivity index is 3.17. The highest BCUT2D eigenvalue weighted by Crippen LogP contribution is 2.22. The normalized spacial score (nSPS) is 12.1. The van der Waals surface area contributed by atoms with E-state index in [2.05, 4.69) is 0 Å². The van der Waals surface area contributed by atoms with Gasteiger partial charge in [0.1, 0.15) is 10.7 Å². The molecule has 0 heterocycles. The van der Waals surface area contributed by atoms with Gasteiger partial charge in [0.2, 0.25) is 10.0 Å². The summed E-state index contributed by atoms with van der Waals surface area (Å²) < 4.78 is 39.6. The van der Waals surface area contributed by atoms with Gasteiger partial charge in [-0.3, -0.25) is 0 Å². The fourth-order valence-electron chi connectivity index (χ4n) is 1.67. The molecule has 1 aromatic rings. The second-order valence-corrected chi connectivity index (χ2v) is 6.32. The molecule has 0 spiro atoms. The largest absolute Gasteiger partial charge is 0.245 e. The molecular weight excluding hydrogens is 277 g/mol. The summed E-state index contributed by atoms with van der Waals surface area (Å²) in [6.07, 6.45) is 1.38. The fourth-order valence-corrected chi connectivity index (χ4v) is 3.50. The Bertz CT molecular complexity index is 499. The molecule has 1 rings (SSSR count). The third-order valence-corrected chi connectivity index (χ3v) is 4.62. The van der Waals surface area contributed by atoms with Gasteiger partial charge in [0.05, 0.1) is 0 Å². The van der Waals surface area contributed by atoms with E-state index in [0.717, 1.165) is 6.07 Å². The topological polar surface area (TPSA) is 37.4 Å². The molecule has 0 aliphatic rings. The second kappa shape index (κ2) is 6.50. The number of rotatable bonds is 6. The quantitative estimate of drug-likeness (QED) is 0.807. The molecular formula is C12H17ClFNO2S. The minimum absolute atomic E-state index is 0.184. The molecule has 0 radical (unpaired) electrons. The van der Waals surface area contributed by atoms with Crippen LogP contribution in [0.3, 0.4) is 0 Å². The summed E-state index contributed by atoms with van der Waals surface area (Å²) in [4.78, 5) is -0.311. The van der Waals surface area contributed by atoms with E-state index in [1.165, 1.54) is 16.4 Å². The van der Waals surface area contributed by atoms with E-state index < -0.39 is 15.8 Å². The van der Waals surface area contributed by atoms with E-state index in [0.29, 0.717) is 25.9 Å². The van der Waals surface area contributed by atoms with Gasteiger partial charge in [0.15, 0.2) is 0 Å². The van der Waals surface area contributed by atoms with Crippen LogP contribution in [-0.4, -0.2) is 25.8 Å². The van der Waals surface area contributed by atoms with Crippen molar-refractivity contribution in [3.05, 3.63) is 29.0 Å². The fraction of sp³-hybridized carbons (Fsp3) is 0.500. The van der Waals surface area contributed by atoms with Gasteiger partial charge >= 0.3 is 0 Å². The van der Waals surface area contributed by atoms with Crippen LogP contribution in [0.4, 0.5) is 4.39 Å². The van der Waals surface area contributed by atoms with E-state index in [9.17, 15) is 12.8 Å². The maximum atomic E-state index is 13.7. The number of benzene rings is 1. The minimum Gasteiger partial charge on any atom is -0.207 e. The Hall–Kier alpha value is -0.650. The zero-order chi connectivity index (χ0) is 13.8. The molecule has 0 atom stereocenters. The van der Waals surface area contributed by atoms with Gasteiger partial charge < -0.3 is 0 Å². The summed E-state index contributed by atoms with van der Waals surface area (Å²) in [5, 5.41) is 0.184. The average Bonchev–Trinajstić information content (AvgIpc) is 2.28. The molecule has 0 amide bonds. The molecule has 0 aliphatic heterocycles. The zero-order valence-electron chi connectivity index (χ0n) is 10.5. The van der Waals surface area contributed by atoms with Gasteiger partial charge in [-0.2, -0.15) is 4.31 Å². The van der Waals surface area contributed by atoms with Gasteiger partial charge in [0, 0.05) is 18.1 Å². The van der Waals surface area contributed by atoms with Crippen molar-refractivity contribution >= 4 is 21.6 Å². The lowest BCUT2D eigenvalue weighted by atomic mass is 10.3. The molecule has 0 bridgehead atoms. The van der Waals surface area contributed by atoms with E-state index >= 15 is 0 Å². The van der Waals surface area contributed by atoms with Crippen LogP contribution in [0.5, 0.6) is 0 Å². The van der Waals surface area contributed by atoms with Crippen LogP contribution < -0.4 is 0 Å². The number of halogens is 2. The summed E-state index contributed by atoms with van der Waals surface area (Å²) in [6, 6.07) is 3.61. The van der Waals surface area contributed by atoms with Crippen molar-refractivity contribution < 1.29 is 12.8 Å². The number of hydrogen-bond acceptors (Lipinski definition) is 2. The predicted octanol–water partition coefficient (Wildman–Crippen LogP) is 3.29. The predicted molar refractivity (Wildman–Crippen MR) is 70.8 cm³/mol. The smallest absolute Gasteiger partial charge is 0.207 e. The standard InChI is InChI=1S/C12H17ClFNO2S/c1-3-7-15(8-4-2)18(16,17)12-6-5-10(13)9-11(12)14/h5-6,9H,3-4,7-8H2,1-2H3. The second-order valence-electron chi connectivity index (χ2n) is 3.98. The Morgan fingerprint density at radius 3 is 2.22 bits per heavy atom. The summed E-state index contributed by atoms with van der Waals surface area (Å²) in [5.41, 5.74) is 0. The zero-order valence-corrected chi connectivity index (χ0v) is 12.1. The summed E-state index contributed by atoms with van der Waals surface area (Å²) in [7, 11) is -3.77. The van der Waals surface area contributed by atoms with E-state index in [1.54, 1.807) is 0 Å². The summed E-state index contributed by atoms with van der Waals surface area (Å²) >= 11 is 5.62. The maximum Gasteiger partial charge on any atom is 0.245 e. The molecule has 0 saturated carbocycles. The van der Waals surface area contributed by atoms with Crippen molar-refractivity contribution in [1.29, 1.82) is 0 Å². The van der Waals surface area contributed by atoms with Crippen LogP contribution >= 0.6 is 11.6 Å². The molecule has 102 valence electrons. The van der Waals surface area contributed by atoms with Gasteiger partial charge in [-0.25, -0.2) is 12.8 Å². The number of sulfonamides is 1. The lowest BCUT2D eigenvalue weighted by molar-refractivity contribution is 0.406. The first kappa shape index (κ1) is 15.4. The van der Waals surface area contributed by atoms with Gasteiger partial charge in [0.25, 0.3) is 0 Å². The summed E-state index contributed by atoms with van der Waals surface area (Å²) in [6.45, 7) is 4.54. The third-order valence-electron chi connectivity index (χ3n) is 2.46. The lowest BCUT2D eigenvalue weighted by Crippen LogP contribution is -2.33. The minimum atomic E-state index is -3.77. The van der Waals surface area contributed by atoms with Crippen molar-refractivity contribution in [2.24, 2.45) is 0 Å². The van der Waals surface area contributed by atoms with Gasteiger partial charge in [-0.05, 0) is 31.0 Å². The Labute approximate surface area is 113 Å². The van der Waals surface area contributed by atoms with Crippen LogP contribution in [-0.2, 0) is 10.0 Å². The molecule has 0 unspecified atom stereocenters. The highest BCUT2D eigenvalue weighted by molar-refractivity contribution is 7.89. The van der Waals surface area contributed by atoms with Crippen molar-refractivity contribution in [3.63, 3.8) is 0 Å². The van der Waals surface area contributed by atoms with Crippen molar-refractivity contribution in [1.82, 2.24) is 4.31 Å². The SMILES string of the molecule is CCCN(CCC)S(=O)(=O)c1ccc(Cl)cc1F. The summed E-state index contributed by atoms with van der Waals surface area (Å²) in [5.74, 6) is -0.806. The molecule has 0 N–H and O–H groups in total. The van der Waals surface area contributed by atoms with Crippen molar-refractivity contribution in [2.75, 3.05) is 13.1 Å². The monoisotopic (exact) mass is 293 g/mol. The molecule has 0 aliphatic carbocycles. The van der Waals surface area contributed by atoms with Crippen LogP contribution in [0.1, 0.15) is 26.7 Å². The molecule has 0 saturated heterocycles. The van der Waals surface area contributed by atoms with Crippen molar-refractivity contribution in [3.8, 4) is 0 Å². The van der Waals surface area contributed by atoms with Crippen LogP contribution in [0.2, 0.25) is 5.02 Å². The van der Waals surface area contributed by atoms with E-state index in [-0.39, 0.29) is 9.92 Å². The Kier molecular flexibility index (Phi) is 5.56. The molecule has 1 aromatic carbocycles. The van der Waals surface area contributed by atoms with E-state index in [4.69, 9.17) is 11.6 Å². The lowest BCUT2D eigenvalue weighted by Gasteiger charge is -2.21. The van der Waals surface area contributed by atoms with Crippen molar-refractivity contribution in [2.45, 2.75) is 31.6 Å². The molecule has 0 fully saturated rings. The first-order valence-electron chi connectivity index (χ1n) is 5.88. The molecule has 3 nitrogen and oxygen atoms in total. The van der Waals surface area contributed by atoms with Gasteiger partial charge in [-0.1, -0.05) is 25.4 Å². The van der Waals surface area contributed by atoms with E-state index in [1.807, 2.05) is 13.8 Å². The molecule has 18 heavy (non-hydrogen) atoms. The van der Waals surface area contributed by atoms with Crippen LogP contribution in [0, 0.1) is 5.82 Å². The van der Waals surface area contributed by atoms with Gasteiger partial charge in [-0.15, -0.1) is 0 Å². The Morgan fingerprint density at radius 2 is 1.78 bits per heavy atom. The maximum absolute atomic E-state index is 13.7.